The Labute approximate surface area is 162 Å². The van der Waals surface area contributed by atoms with Gasteiger partial charge in [0.05, 0.1) is 12.7 Å². The summed E-state index contributed by atoms with van der Waals surface area (Å²) >= 11 is 0. The molecule has 0 radical (unpaired) electrons. The van der Waals surface area contributed by atoms with Gasteiger partial charge in [-0.15, -0.1) is 0 Å². The third kappa shape index (κ3) is 14.3. The fraction of sp³-hybridized carbons (Fsp3) is 0.750. The number of hydrogen-bond donors (Lipinski definition) is 1. The minimum atomic E-state index is -0.0696. The summed E-state index contributed by atoms with van der Waals surface area (Å²) < 4.78 is 5.71. The lowest BCUT2D eigenvalue weighted by Crippen LogP contribution is -2.06. The normalized spacial score (nSPS) is 12.4. The van der Waals surface area contributed by atoms with Crippen LogP contribution in [0, 0.1) is 0 Å². The van der Waals surface area contributed by atoms with Gasteiger partial charge in [-0.25, -0.2) is 0 Å². The first-order valence-electron chi connectivity index (χ1n) is 11.1. The van der Waals surface area contributed by atoms with Crippen molar-refractivity contribution in [1.29, 1.82) is 0 Å². The van der Waals surface area contributed by atoms with Crippen LogP contribution in [0.2, 0.25) is 0 Å². The number of aliphatic hydroxyl groups is 1. The van der Waals surface area contributed by atoms with E-state index in [0.717, 1.165) is 32.5 Å². The van der Waals surface area contributed by atoms with E-state index in [1.54, 1.807) is 0 Å². The minimum Gasteiger partial charge on any atom is -0.393 e. The van der Waals surface area contributed by atoms with Gasteiger partial charge in [0.1, 0.15) is 0 Å². The minimum absolute atomic E-state index is 0.0696. The topological polar surface area (TPSA) is 29.5 Å². The van der Waals surface area contributed by atoms with E-state index in [-0.39, 0.29) is 6.10 Å². The number of unbranched alkanes of at least 4 members (excludes halogenated alkanes) is 10. The molecule has 1 atom stereocenters. The fourth-order valence-electron chi connectivity index (χ4n) is 3.36. The van der Waals surface area contributed by atoms with E-state index in [1.165, 1.54) is 76.2 Å². The maximum absolute atomic E-state index is 10.1. The van der Waals surface area contributed by atoms with Gasteiger partial charge in [-0.05, 0) is 24.8 Å². The summed E-state index contributed by atoms with van der Waals surface area (Å²) in [5, 5.41) is 10.1. The summed E-state index contributed by atoms with van der Waals surface area (Å²) in [4.78, 5) is 0. The van der Waals surface area contributed by atoms with Crippen molar-refractivity contribution in [2.24, 2.45) is 0 Å². The van der Waals surface area contributed by atoms with Gasteiger partial charge in [0.2, 0.25) is 0 Å². The lowest BCUT2D eigenvalue weighted by Gasteiger charge is -2.10. The molecule has 1 unspecified atom stereocenters. The predicted molar refractivity (Wildman–Crippen MR) is 112 cm³/mol. The van der Waals surface area contributed by atoms with Crippen molar-refractivity contribution >= 4 is 0 Å². The molecule has 0 aliphatic rings. The highest BCUT2D eigenvalue weighted by molar-refractivity contribution is 5.13. The van der Waals surface area contributed by atoms with Gasteiger partial charge in [0.15, 0.2) is 0 Å². The molecule has 1 rings (SSSR count). The summed E-state index contributed by atoms with van der Waals surface area (Å²) in [5.74, 6) is 0. The molecule has 0 aromatic heterocycles. The number of aliphatic hydroxyl groups excluding tert-OH is 1. The molecule has 0 saturated heterocycles. The standard InChI is InChI=1S/C24H42O2/c1-2-3-4-5-6-8-14-19-24(25)20-15-9-7-10-16-21-26-22-23-17-12-11-13-18-23/h11-13,17-18,24-25H,2-10,14-16,19-22H2,1H3. The Morgan fingerprint density at radius 1 is 0.731 bits per heavy atom. The Bertz CT molecular complexity index is 390. The van der Waals surface area contributed by atoms with Gasteiger partial charge in [0.25, 0.3) is 0 Å². The molecule has 0 spiro atoms. The lowest BCUT2D eigenvalue weighted by molar-refractivity contribution is 0.116. The first kappa shape index (κ1) is 23.2. The Hall–Kier alpha value is -0.860. The second-order valence-corrected chi connectivity index (χ2v) is 7.66. The fourth-order valence-corrected chi connectivity index (χ4v) is 3.36. The number of rotatable bonds is 18. The molecule has 1 aromatic rings. The van der Waals surface area contributed by atoms with Crippen molar-refractivity contribution in [2.75, 3.05) is 6.61 Å². The van der Waals surface area contributed by atoms with Crippen LogP contribution in [-0.4, -0.2) is 17.8 Å². The zero-order valence-corrected chi connectivity index (χ0v) is 17.1. The Kier molecular flexibility index (Phi) is 15.6. The zero-order valence-electron chi connectivity index (χ0n) is 17.1. The third-order valence-electron chi connectivity index (χ3n) is 5.08. The molecule has 0 heterocycles. The molecule has 0 aliphatic carbocycles. The van der Waals surface area contributed by atoms with Gasteiger partial charge < -0.3 is 9.84 Å². The Morgan fingerprint density at radius 2 is 1.27 bits per heavy atom. The number of hydrogen-bond acceptors (Lipinski definition) is 2. The molecule has 1 aromatic carbocycles. The summed E-state index contributed by atoms with van der Waals surface area (Å²) in [7, 11) is 0. The summed E-state index contributed by atoms with van der Waals surface area (Å²) in [6.07, 6.45) is 17.3. The van der Waals surface area contributed by atoms with Crippen LogP contribution < -0.4 is 0 Å². The van der Waals surface area contributed by atoms with E-state index in [9.17, 15) is 5.11 Å². The van der Waals surface area contributed by atoms with Crippen molar-refractivity contribution in [2.45, 2.75) is 110 Å². The van der Waals surface area contributed by atoms with Crippen LogP contribution in [0.1, 0.15) is 102 Å². The molecule has 0 bridgehead atoms. The van der Waals surface area contributed by atoms with Gasteiger partial charge in [-0.2, -0.15) is 0 Å². The second kappa shape index (κ2) is 17.5. The zero-order chi connectivity index (χ0) is 18.7. The van der Waals surface area contributed by atoms with E-state index in [2.05, 4.69) is 31.2 Å². The second-order valence-electron chi connectivity index (χ2n) is 7.66. The molecular weight excluding hydrogens is 320 g/mol. The molecule has 2 nitrogen and oxygen atoms in total. The first-order valence-corrected chi connectivity index (χ1v) is 11.1. The smallest absolute Gasteiger partial charge is 0.0716 e. The van der Waals surface area contributed by atoms with Crippen LogP contribution in [0.3, 0.4) is 0 Å². The van der Waals surface area contributed by atoms with Crippen molar-refractivity contribution in [3.63, 3.8) is 0 Å². The van der Waals surface area contributed by atoms with E-state index in [4.69, 9.17) is 4.74 Å². The average Bonchev–Trinajstić information content (AvgIpc) is 2.67. The summed E-state index contributed by atoms with van der Waals surface area (Å²) in [6, 6.07) is 10.4. The largest absolute Gasteiger partial charge is 0.393 e. The molecular formula is C24H42O2. The predicted octanol–water partition coefficient (Wildman–Crippen LogP) is 7.05. The van der Waals surface area contributed by atoms with Crippen LogP contribution in [0.4, 0.5) is 0 Å². The maximum atomic E-state index is 10.1. The van der Waals surface area contributed by atoms with E-state index < -0.39 is 0 Å². The van der Waals surface area contributed by atoms with E-state index >= 15 is 0 Å². The SMILES string of the molecule is CCCCCCCCCC(O)CCCCCCCOCc1ccccc1. The van der Waals surface area contributed by atoms with E-state index in [1.807, 2.05) is 6.07 Å². The van der Waals surface area contributed by atoms with Crippen molar-refractivity contribution < 1.29 is 9.84 Å². The lowest BCUT2D eigenvalue weighted by atomic mass is 10.0. The molecule has 0 fully saturated rings. The van der Waals surface area contributed by atoms with Gasteiger partial charge >= 0.3 is 0 Å². The Balaban J connectivity index is 1.78. The molecule has 0 saturated carbocycles. The monoisotopic (exact) mass is 362 g/mol. The van der Waals surface area contributed by atoms with E-state index in [0.29, 0.717) is 0 Å². The first-order chi connectivity index (χ1) is 12.8. The number of benzene rings is 1. The highest BCUT2D eigenvalue weighted by Gasteiger charge is 2.03. The van der Waals surface area contributed by atoms with Gasteiger partial charge in [-0.3, -0.25) is 0 Å². The van der Waals surface area contributed by atoms with Gasteiger partial charge in [0, 0.05) is 6.61 Å². The quantitative estimate of drug-likeness (QED) is 0.284. The molecule has 0 amide bonds. The van der Waals surface area contributed by atoms with Gasteiger partial charge in [-0.1, -0.05) is 108 Å². The molecule has 26 heavy (non-hydrogen) atoms. The van der Waals surface area contributed by atoms with Crippen LogP contribution in [0.5, 0.6) is 0 Å². The maximum Gasteiger partial charge on any atom is 0.0716 e. The molecule has 2 heteroatoms. The Morgan fingerprint density at radius 3 is 1.88 bits per heavy atom. The highest BCUT2D eigenvalue weighted by Crippen LogP contribution is 2.14. The van der Waals surface area contributed by atoms with Crippen LogP contribution in [0.25, 0.3) is 0 Å². The molecule has 0 aliphatic heterocycles. The number of ether oxygens (including phenoxy) is 1. The molecule has 150 valence electrons. The average molecular weight is 363 g/mol. The van der Waals surface area contributed by atoms with Crippen molar-refractivity contribution in [3.05, 3.63) is 35.9 Å². The summed E-state index contributed by atoms with van der Waals surface area (Å²) in [5.41, 5.74) is 1.25. The van der Waals surface area contributed by atoms with Crippen LogP contribution in [0.15, 0.2) is 30.3 Å². The highest BCUT2D eigenvalue weighted by atomic mass is 16.5. The van der Waals surface area contributed by atoms with Crippen molar-refractivity contribution in [1.82, 2.24) is 0 Å². The molecule has 1 N–H and O–H groups in total. The van der Waals surface area contributed by atoms with Crippen LogP contribution in [-0.2, 0) is 11.3 Å². The third-order valence-corrected chi connectivity index (χ3v) is 5.08. The summed E-state index contributed by atoms with van der Waals surface area (Å²) in [6.45, 7) is 3.84. The van der Waals surface area contributed by atoms with Crippen molar-refractivity contribution in [3.8, 4) is 0 Å². The van der Waals surface area contributed by atoms with Crippen LogP contribution >= 0.6 is 0 Å².